The predicted octanol–water partition coefficient (Wildman–Crippen LogP) is 3.02. The van der Waals surface area contributed by atoms with E-state index >= 15 is 0 Å². The molecule has 0 bridgehead atoms. The first kappa shape index (κ1) is 12.5. The number of anilines is 4. The van der Waals surface area contributed by atoms with E-state index < -0.39 is 0 Å². The lowest BCUT2D eigenvalue weighted by Crippen LogP contribution is -1.97. The number of benzene rings is 2. The zero-order chi connectivity index (χ0) is 15.1. The molecular weight excluding hydrogens is 276 g/mol. The molecule has 0 unspecified atom stereocenters. The Morgan fingerprint density at radius 3 is 2.55 bits per heavy atom. The lowest BCUT2D eigenvalue weighted by molar-refractivity contribution is 1.13. The van der Waals surface area contributed by atoms with Gasteiger partial charge in [-0.2, -0.15) is 5.10 Å². The quantitative estimate of drug-likeness (QED) is 0.425. The Hall–Kier alpha value is -3.28. The van der Waals surface area contributed by atoms with Crippen molar-refractivity contribution in [2.24, 2.45) is 0 Å². The third-order valence-electron chi connectivity index (χ3n) is 3.61. The molecule has 6 nitrogen and oxygen atoms in total. The summed E-state index contributed by atoms with van der Waals surface area (Å²) in [5.41, 5.74) is 15.1. The van der Waals surface area contributed by atoms with Crippen molar-refractivity contribution in [3.8, 4) is 0 Å². The molecule has 108 valence electrons. The van der Waals surface area contributed by atoms with E-state index in [0.29, 0.717) is 17.3 Å². The Labute approximate surface area is 126 Å². The second kappa shape index (κ2) is 4.63. The van der Waals surface area contributed by atoms with Crippen LogP contribution in [0.2, 0.25) is 0 Å². The minimum absolute atomic E-state index is 0.422. The van der Waals surface area contributed by atoms with E-state index in [2.05, 4.69) is 20.5 Å². The number of nitrogens with zero attached hydrogens (tertiary/aromatic N) is 2. The van der Waals surface area contributed by atoms with Crippen LogP contribution in [0.15, 0.2) is 48.5 Å². The molecule has 0 saturated heterocycles. The summed E-state index contributed by atoms with van der Waals surface area (Å²) in [7, 11) is 0. The summed E-state index contributed by atoms with van der Waals surface area (Å²) in [4.78, 5) is 4.67. The number of hydrogen-bond donors (Lipinski definition) is 4. The highest BCUT2D eigenvalue weighted by Crippen LogP contribution is 2.32. The standard InChI is InChI=1S/C16H14N6/c17-9-5-7-10(8-6-9)19-16-13-14(21-22-15(13)18)11-3-1-2-4-12(11)20-16/h1-8H,17H2,(H,19,20)(H3,18,21,22). The highest BCUT2D eigenvalue weighted by Gasteiger charge is 2.13. The van der Waals surface area contributed by atoms with E-state index in [1.165, 1.54) is 0 Å². The van der Waals surface area contributed by atoms with Gasteiger partial charge in [0.05, 0.1) is 16.4 Å². The van der Waals surface area contributed by atoms with Crippen LogP contribution in [0.4, 0.5) is 23.0 Å². The number of hydrogen-bond acceptors (Lipinski definition) is 5. The Morgan fingerprint density at radius 1 is 0.955 bits per heavy atom. The molecule has 0 atom stereocenters. The predicted molar refractivity (Wildman–Crippen MR) is 89.9 cm³/mol. The second-order valence-corrected chi connectivity index (χ2v) is 5.08. The van der Waals surface area contributed by atoms with Crippen LogP contribution in [-0.4, -0.2) is 15.2 Å². The van der Waals surface area contributed by atoms with E-state index in [1.54, 1.807) is 0 Å². The Bertz CT molecular complexity index is 971. The van der Waals surface area contributed by atoms with Crippen LogP contribution in [0.5, 0.6) is 0 Å². The van der Waals surface area contributed by atoms with Crippen molar-refractivity contribution in [3.05, 3.63) is 48.5 Å². The average Bonchev–Trinajstić information content (AvgIpc) is 2.92. The Balaban J connectivity index is 1.94. The van der Waals surface area contributed by atoms with Crippen molar-refractivity contribution < 1.29 is 0 Å². The van der Waals surface area contributed by atoms with E-state index in [-0.39, 0.29) is 0 Å². The van der Waals surface area contributed by atoms with Gasteiger partial charge in [0.1, 0.15) is 5.82 Å². The molecule has 0 aliphatic rings. The number of fused-ring (bicyclic) bond motifs is 3. The fourth-order valence-corrected chi connectivity index (χ4v) is 2.54. The van der Waals surface area contributed by atoms with Gasteiger partial charge in [0.15, 0.2) is 5.82 Å². The van der Waals surface area contributed by atoms with Gasteiger partial charge in [-0.15, -0.1) is 0 Å². The first-order chi connectivity index (χ1) is 10.7. The molecule has 4 rings (SSSR count). The van der Waals surface area contributed by atoms with Crippen LogP contribution in [-0.2, 0) is 0 Å². The van der Waals surface area contributed by atoms with Crippen molar-refractivity contribution in [2.75, 3.05) is 16.8 Å². The van der Waals surface area contributed by atoms with Crippen molar-refractivity contribution in [3.63, 3.8) is 0 Å². The molecule has 0 saturated carbocycles. The van der Waals surface area contributed by atoms with Gasteiger partial charge in [0.2, 0.25) is 0 Å². The van der Waals surface area contributed by atoms with Gasteiger partial charge in [-0.25, -0.2) is 4.98 Å². The maximum atomic E-state index is 6.00. The fourth-order valence-electron chi connectivity index (χ4n) is 2.54. The number of nitrogen functional groups attached to an aromatic ring is 2. The van der Waals surface area contributed by atoms with Crippen molar-refractivity contribution in [1.29, 1.82) is 0 Å². The summed E-state index contributed by atoms with van der Waals surface area (Å²) < 4.78 is 0. The monoisotopic (exact) mass is 290 g/mol. The topological polar surface area (TPSA) is 106 Å². The fraction of sp³-hybridized carbons (Fsp3) is 0. The van der Waals surface area contributed by atoms with Crippen LogP contribution in [0.3, 0.4) is 0 Å². The zero-order valence-electron chi connectivity index (χ0n) is 11.7. The summed E-state index contributed by atoms with van der Waals surface area (Å²) in [6.07, 6.45) is 0. The molecule has 6 N–H and O–H groups in total. The third-order valence-corrected chi connectivity index (χ3v) is 3.61. The number of aromatic amines is 1. The molecule has 2 aromatic heterocycles. The van der Waals surface area contributed by atoms with Gasteiger partial charge in [-0.3, -0.25) is 5.10 Å². The third kappa shape index (κ3) is 1.89. The molecule has 4 aromatic rings. The smallest absolute Gasteiger partial charge is 0.156 e. The number of aromatic nitrogens is 3. The highest BCUT2D eigenvalue weighted by molar-refractivity contribution is 6.12. The number of nitrogens with one attached hydrogen (secondary N) is 2. The van der Waals surface area contributed by atoms with Crippen LogP contribution in [0.1, 0.15) is 0 Å². The second-order valence-electron chi connectivity index (χ2n) is 5.08. The zero-order valence-corrected chi connectivity index (χ0v) is 11.7. The molecule has 0 aliphatic heterocycles. The van der Waals surface area contributed by atoms with Gasteiger partial charge in [-0.05, 0) is 30.3 Å². The molecular formula is C16H14N6. The number of rotatable bonds is 2. The van der Waals surface area contributed by atoms with Crippen molar-refractivity contribution in [2.45, 2.75) is 0 Å². The minimum atomic E-state index is 0.422. The van der Waals surface area contributed by atoms with E-state index in [1.807, 2.05) is 48.5 Å². The highest BCUT2D eigenvalue weighted by atomic mass is 15.2. The van der Waals surface area contributed by atoms with E-state index in [0.717, 1.165) is 27.5 Å². The van der Waals surface area contributed by atoms with Crippen molar-refractivity contribution in [1.82, 2.24) is 15.2 Å². The van der Waals surface area contributed by atoms with E-state index in [9.17, 15) is 0 Å². The lowest BCUT2D eigenvalue weighted by atomic mass is 10.1. The van der Waals surface area contributed by atoms with E-state index in [4.69, 9.17) is 11.5 Å². The molecule has 0 fully saturated rings. The summed E-state index contributed by atoms with van der Waals surface area (Å²) in [6.45, 7) is 0. The Morgan fingerprint density at radius 2 is 1.73 bits per heavy atom. The van der Waals surface area contributed by atoms with Gasteiger partial charge < -0.3 is 16.8 Å². The number of nitrogens with two attached hydrogens (primary N) is 2. The lowest BCUT2D eigenvalue weighted by Gasteiger charge is -2.09. The summed E-state index contributed by atoms with van der Waals surface area (Å²) in [5.74, 6) is 1.09. The van der Waals surface area contributed by atoms with Gasteiger partial charge in [-0.1, -0.05) is 18.2 Å². The molecule has 0 aliphatic carbocycles. The molecule has 0 radical (unpaired) electrons. The molecule has 2 heterocycles. The molecule has 2 aromatic carbocycles. The largest absolute Gasteiger partial charge is 0.399 e. The van der Waals surface area contributed by atoms with Gasteiger partial charge >= 0.3 is 0 Å². The summed E-state index contributed by atoms with van der Waals surface area (Å²) in [5, 5.41) is 12.2. The normalized spacial score (nSPS) is 11.1. The first-order valence-electron chi connectivity index (χ1n) is 6.87. The molecule has 22 heavy (non-hydrogen) atoms. The van der Waals surface area contributed by atoms with Crippen molar-refractivity contribution >= 4 is 44.8 Å². The first-order valence-corrected chi connectivity index (χ1v) is 6.87. The summed E-state index contributed by atoms with van der Waals surface area (Å²) in [6, 6.07) is 15.3. The van der Waals surface area contributed by atoms with Gasteiger partial charge in [0, 0.05) is 16.8 Å². The number of pyridine rings is 1. The SMILES string of the molecule is Nc1ccc(Nc2nc3ccccc3c3[nH]nc(N)c23)cc1. The van der Waals surface area contributed by atoms with Crippen LogP contribution in [0, 0.1) is 0 Å². The van der Waals surface area contributed by atoms with Gasteiger partial charge in [0.25, 0.3) is 0 Å². The summed E-state index contributed by atoms with van der Waals surface area (Å²) >= 11 is 0. The number of H-pyrrole nitrogens is 1. The minimum Gasteiger partial charge on any atom is -0.399 e. The molecule has 6 heteroatoms. The van der Waals surface area contributed by atoms with Crippen LogP contribution in [0.25, 0.3) is 21.8 Å². The number of para-hydroxylation sites is 1. The Kier molecular flexibility index (Phi) is 2.62. The molecule has 0 amide bonds. The maximum absolute atomic E-state index is 6.00. The average molecular weight is 290 g/mol. The van der Waals surface area contributed by atoms with Crippen LogP contribution < -0.4 is 16.8 Å². The van der Waals surface area contributed by atoms with Crippen LogP contribution >= 0.6 is 0 Å². The maximum Gasteiger partial charge on any atom is 0.156 e. The molecule has 0 spiro atoms.